The molecule has 1 aliphatic heterocycles. The standard InChI is InChI=1S/C45H40O3/c1-6-29(2)47-35-23-19-33(20-24-35)45(32-17-21-34(46-5)22-18-32)27-26-39-42-41(36-14-10-11-15-37(36)43(39)48-45)38-25-16-31(28-40(38)44(42,3)4)30-12-8-7-9-13-30/h7-29H,6H2,1-5H3. The van der Waals surface area contributed by atoms with E-state index in [1.165, 1.54) is 38.8 Å². The monoisotopic (exact) mass is 628 g/mol. The van der Waals surface area contributed by atoms with Crippen molar-refractivity contribution in [2.45, 2.75) is 51.2 Å². The molecule has 0 radical (unpaired) electrons. The third-order valence-electron chi connectivity index (χ3n) is 10.4. The minimum atomic E-state index is -0.860. The van der Waals surface area contributed by atoms with E-state index < -0.39 is 5.60 Å². The molecule has 8 rings (SSSR count). The first kappa shape index (κ1) is 30.1. The van der Waals surface area contributed by atoms with Gasteiger partial charge in [-0.3, -0.25) is 0 Å². The van der Waals surface area contributed by atoms with Crippen LogP contribution in [0.25, 0.3) is 39.1 Å². The maximum atomic E-state index is 7.46. The van der Waals surface area contributed by atoms with E-state index in [4.69, 9.17) is 14.2 Å². The number of rotatable bonds is 7. The van der Waals surface area contributed by atoms with Gasteiger partial charge in [-0.1, -0.05) is 118 Å². The van der Waals surface area contributed by atoms with Crippen molar-refractivity contribution in [3.63, 3.8) is 0 Å². The Labute approximate surface area is 283 Å². The van der Waals surface area contributed by atoms with E-state index in [0.717, 1.165) is 45.7 Å². The maximum Gasteiger partial charge on any atom is 0.178 e. The van der Waals surface area contributed by atoms with Crippen LogP contribution < -0.4 is 14.2 Å². The van der Waals surface area contributed by atoms with E-state index in [0.29, 0.717) is 0 Å². The minimum Gasteiger partial charge on any atom is -0.497 e. The number of ether oxygens (including phenoxy) is 3. The molecule has 0 saturated carbocycles. The Bertz CT molecular complexity index is 2180. The average Bonchev–Trinajstić information content (AvgIpc) is 3.38. The molecule has 0 aromatic heterocycles. The van der Waals surface area contributed by atoms with Crippen LogP contribution in [0.3, 0.4) is 0 Å². The number of hydrogen-bond acceptors (Lipinski definition) is 3. The summed E-state index contributed by atoms with van der Waals surface area (Å²) in [4.78, 5) is 0. The van der Waals surface area contributed by atoms with Gasteiger partial charge in [0.2, 0.25) is 0 Å². The highest BCUT2D eigenvalue weighted by molar-refractivity contribution is 6.08. The Kier molecular flexibility index (Phi) is 7.18. The molecule has 0 saturated heterocycles. The summed E-state index contributed by atoms with van der Waals surface area (Å²) in [5, 5.41) is 2.32. The van der Waals surface area contributed by atoms with Crippen molar-refractivity contribution >= 4 is 16.8 Å². The molecule has 3 nitrogen and oxygen atoms in total. The van der Waals surface area contributed by atoms with Crippen molar-refractivity contribution in [1.82, 2.24) is 0 Å². The van der Waals surface area contributed by atoms with Crippen LogP contribution in [0.15, 0.2) is 127 Å². The van der Waals surface area contributed by atoms with Crippen LogP contribution in [-0.4, -0.2) is 13.2 Å². The summed E-state index contributed by atoms with van der Waals surface area (Å²) >= 11 is 0. The highest BCUT2D eigenvalue weighted by atomic mass is 16.5. The van der Waals surface area contributed by atoms with Crippen molar-refractivity contribution in [3.8, 4) is 39.5 Å². The summed E-state index contributed by atoms with van der Waals surface area (Å²) in [7, 11) is 1.70. The van der Waals surface area contributed by atoms with Crippen LogP contribution in [0, 0.1) is 0 Å². The summed E-state index contributed by atoms with van der Waals surface area (Å²) in [6.45, 7) is 8.95. The number of fused-ring (bicyclic) bond motifs is 8. The molecule has 0 N–H and O–H groups in total. The lowest BCUT2D eigenvalue weighted by Gasteiger charge is -2.38. The molecule has 2 atom stereocenters. The molecule has 1 aliphatic carbocycles. The third-order valence-corrected chi connectivity index (χ3v) is 10.4. The van der Waals surface area contributed by atoms with Gasteiger partial charge in [0.15, 0.2) is 5.60 Å². The third kappa shape index (κ3) is 4.64. The van der Waals surface area contributed by atoms with Gasteiger partial charge in [-0.05, 0) is 88.5 Å². The lowest BCUT2D eigenvalue weighted by Crippen LogP contribution is -2.35. The van der Waals surface area contributed by atoms with E-state index in [9.17, 15) is 0 Å². The molecule has 0 bridgehead atoms. The first-order valence-corrected chi connectivity index (χ1v) is 16.9. The maximum absolute atomic E-state index is 7.46. The van der Waals surface area contributed by atoms with Crippen LogP contribution in [0.4, 0.5) is 0 Å². The summed E-state index contributed by atoms with van der Waals surface area (Å²) in [6.07, 6.45) is 5.65. The Balaban J connectivity index is 1.33. The molecular weight excluding hydrogens is 588 g/mol. The molecule has 238 valence electrons. The van der Waals surface area contributed by atoms with E-state index >= 15 is 0 Å². The first-order chi connectivity index (χ1) is 23.3. The molecule has 3 heteroatoms. The molecule has 6 aromatic rings. The van der Waals surface area contributed by atoms with E-state index in [-0.39, 0.29) is 11.5 Å². The van der Waals surface area contributed by atoms with Gasteiger partial charge in [0.1, 0.15) is 17.2 Å². The Morgan fingerprint density at radius 1 is 0.708 bits per heavy atom. The molecule has 0 spiro atoms. The van der Waals surface area contributed by atoms with Gasteiger partial charge in [0.05, 0.1) is 13.2 Å². The van der Waals surface area contributed by atoms with Crippen molar-refractivity contribution < 1.29 is 14.2 Å². The topological polar surface area (TPSA) is 27.7 Å². The van der Waals surface area contributed by atoms with Gasteiger partial charge in [-0.2, -0.15) is 0 Å². The van der Waals surface area contributed by atoms with Gasteiger partial charge < -0.3 is 14.2 Å². The predicted molar refractivity (Wildman–Crippen MR) is 197 cm³/mol. The molecular formula is C45H40O3. The lowest BCUT2D eigenvalue weighted by molar-refractivity contribution is 0.163. The predicted octanol–water partition coefficient (Wildman–Crippen LogP) is 11.3. The Morgan fingerprint density at radius 3 is 2.02 bits per heavy atom. The normalized spacial score (nSPS) is 17.6. The van der Waals surface area contributed by atoms with Gasteiger partial charge in [0.25, 0.3) is 0 Å². The van der Waals surface area contributed by atoms with Crippen LogP contribution in [0.2, 0.25) is 0 Å². The largest absolute Gasteiger partial charge is 0.497 e. The van der Waals surface area contributed by atoms with E-state index in [1.54, 1.807) is 7.11 Å². The van der Waals surface area contributed by atoms with Crippen molar-refractivity contribution in [1.29, 1.82) is 0 Å². The van der Waals surface area contributed by atoms with Crippen molar-refractivity contribution in [2.24, 2.45) is 0 Å². The second kappa shape index (κ2) is 11.5. The zero-order chi connectivity index (χ0) is 33.0. The van der Waals surface area contributed by atoms with Gasteiger partial charge in [-0.15, -0.1) is 0 Å². The second-order valence-corrected chi connectivity index (χ2v) is 13.6. The fourth-order valence-electron chi connectivity index (χ4n) is 7.66. The second-order valence-electron chi connectivity index (χ2n) is 13.6. The number of methoxy groups -OCH3 is 1. The van der Waals surface area contributed by atoms with E-state index in [1.807, 2.05) is 12.1 Å². The summed E-state index contributed by atoms with van der Waals surface area (Å²) in [6, 6.07) is 43.0. The molecule has 0 fully saturated rings. The van der Waals surface area contributed by atoms with Crippen LogP contribution in [0.1, 0.15) is 61.9 Å². The molecule has 2 unspecified atom stereocenters. The average molecular weight is 629 g/mol. The van der Waals surface area contributed by atoms with E-state index in [2.05, 4.69) is 149 Å². The highest BCUT2D eigenvalue weighted by Gasteiger charge is 2.44. The zero-order valence-electron chi connectivity index (χ0n) is 28.2. The summed E-state index contributed by atoms with van der Waals surface area (Å²) in [5.41, 5.74) is 9.83. The first-order valence-electron chi connectivity index (χ1n) is 16.9. The number of benzene rings is 6. The Hall–Kier alpha value is -5.28. The number of hydrogen-bond donors (Lipinski definition) is 0. The molecule has 1 heterocycles. The smallest absolute Gasteiger partial charge is 0.178 e. The quantitative estimate of drug-likeness (QED) is 0.176. The summed E-state index contributed by atoms with van der Waals surface area (Å²) < 4.78 is 19.2. The lowest BCUT2D eigenvalue weighted by atomic mass is 9.76. The van der Waals surface area contributed by atoms with Crippen LogP contribution >= 0.6 is 0 Å². The van der Waals surface area contributed by atoms with Gasteiger partial charge >= 0.3 is 0 Å². The molecule has 0 amide bonds. The fraction of sp³-hybridized carbons (Fsp3) is 0.200. The van der Waals surface area contributed by atoms with Crippen LogP contribution in [0.5, 0.6) is 17.2 Å². The Morgan fingerprint density at radius 2 is 1.35 bits per heavy atom. The van der Waals surface area contributed by atoms with Crippen molar-refractivity contribution in [2.75, 3.05) is 7.11 Å². The zero-order valence-corrected chi connectivity index (χ0v) is 28.2. The molecule has 2 aliphatic rings. The highest BCUT2D eigenvalue weighted by Crippen LogP contribution is 2.58. The summed E-state index contributed by atoms with van der Waals surface area (Å²) in [5.74, 6) is 2.58. The van der Waals surface area contributed by atoms with Crippen molar-refractivity contribution in [3.05, 3.63) is 155 Å². The van der Waals surface area contributed by atoms with Crippen LogP contribution in [-0.2, 0) is 11.0 Å². The fourth-order valence-corrected chi connectivity index (χ4v) is 7.66. The SMILES string of the molecule is CCC(C)Oc1ccc(C2(c3ccc(OC)cc3)C=Cc3c4c(c5ccccc5c3O2)-c2ccc(-c3ccccc3)cc2C4(C)C)cc1. The molecule has 6 aromatic carbocycles. The van der Waals surface area contributed by atoms with Gasteiger partial charge in [-0.25, -0.2) is 0 Å². The minimum absolute atomic E-state index is 0.147. The molecule has 48 heavy (non-hydrogen) atoms. The van der Waals surface area contributed by atoms with Gasteiger partial charge in [0, 0.05) is 27.5 Å².